The number of carbonyl (C=O) groups is 3. The maximum Gasteiger partial charge on any atom is 0.413 e. The SMILES string of the molecule is CC(C)(C)OC(=O)Nc1nccc2cc(NC(C(=O)NCc3cccc([N+](=O)[O-])c3)c3ccc(CCC(=O)OCc4ccccc4)cc3)ccc12. The number of hydrogen-bond acceptors (Lipinski definition) is 9. The smallest absolute Gasteiger partial charge is 0.413 e. The third-order valence-corrected chi connectivity index (χ3v) is 7.72. The fraction of sp³-hybridized carbons (Fsp3) is 0.231. The third-order valence-electron chi connectivity index (χ3n) is 7.72. The zero-order valence-corrected chi connectivity index (χ0v) is 28.6. The van der Waals surface area contributed by atoms with E-state index in [9.17, 15) is 24.5 Å². The van der Waals surface area contributed by atoms with E-state index < -0.39 is 22.7 Å². The minimum Gasteiger partial charge on any atom is -0.461 e. The summed E-state index contributed by atoms with van der Waals surface area (Å²) >= 11 is 0. The lowest BCUT2D eigenvalue weighted by Gasteiger charge is -2.21. The first-order valence-corrected chi connectivity index (χ1v) is 16.4. The van der Waals surface area contributed by atoms with E-state index in [1.54, 1.807) is 57.3 Å². The molecular weight excluding hydrogens is 650 g/mol. The molecule has 0 aliphatic rings. The van der Waals surface area contributed by atoms with Gasteiger partial charge in [0.15, 0.2) is 0 Å². The van der Waals surface area contributed by atoms with Gasteiger partial charge in [0.25, 0.3) is 5.69 Å². The quantitative estimate of drug-likeness (QED) is 0.0641. The van der Waals surface area contributed by atoms with E-state index in [-0.39, 0.29) is 37.1 Å². The summed E-state index contributed by atoms with van der Waals surface area (Å²) in [4.78, 5) is 53.6. The van der Waals surface area contributed by atoms with E-state index in [2.05, 4.69) is 20.9 Å². The monoisotopic (exact) mass is 689 g/mol. The molecule has 0 aliphatic heterocycles. The molecule has 0 radical (unpaired) electrons. The fourth-order valence-corrected chi connectivity index (χ4v) is 5.24. The molecule has 5 aromatic rings. The van der Waals surface area contributed by atoms with E-state index in [0.717, 1.165) is 16.5 Å². The summed E-state index contributed by atoms with van der Waals surface area (Å²) in [5, 5.41) is 21.6. The number of rotatable bonds is 13. The summed E-state index contributed by atoms with van der Waals surface area (Å²) in [6.07, 6.45) is 1.60. The summed E-state index contributed by atoms with van der Waals surface area (Å²) < 4.78 is 10.8. The highest BCUT2D eigenvalue weighted by Crippen LogP contribution is 2.28. The molecule has 5 rings (SSSR count). The summed E-state index contributed by atoms with van der Waals surface area (Å²) in [6.45, 7) is 5.61. The number of esters is 1. The van der Waals surface area contributed by atoms with Crippen molar-refractivity contribution in [2.45, 2.75) is 58.4 Å². The van der Waals surface area contributed by atoms with Crippen molar-refractivity contribution in [2.24, 2.45) is 0 Å². The molecule has 1 heterocycles. The van der Waals surface area contributed by atoms with Gasteiger partial charge >= 0.3 is 12.1 Å². The molecule has 0 aliphatic carbocycles. The molecule has 51 heavy (non-hydrogen) atoms. The van der Waals surface area contributed by atoms with Crippen LogP contribution in [0.5, 0.6) is 0 Å². The highest BCUT2D eigenvalue weighted by atomic mass is 16.6. The van der Waals surface area contributed by atoms with Crippen molar-refractivity contribution in [2.75, 3.05) is 10.6 Å². The second-order valence-electron chi connectivity index (χ2n) is 12.8. The average Bonchev–Trinajstić information content (AvgIpc) is 3.11. The number of non-ortho nitro benzene ring substituents is 1. The average molecular weight is 690 g/mol. The minimum atomic E-state index is -0.854. The van der Waals surface area contributed by atoms with Gasteiger partial charge in [-0.05, 0) is 79.1 Å². The predicted octanol–water partition coefficient (Wildman–Crippen LogP) is 7.64. The van der Waals surface area contributed by atoms with Crippen LogP contribution in [0.2, 0.25) is 0 Å². The third kappa shape index (κ3) is 10.6. The molecule has 1 aromatic heterocycles. The Labute approximate surface area is 295 Å². The van der Waals surface area contributed by atoms with Gasteiger partial charge in [0.1, 0.15) is 24.1 Å². The number of nitro benzene ring substituents is 1. The van der Waals surface area contributed by atoms with Gasteiger partial charge in [-0.3, -0.25) is 25.0 Å². The molecule has 0 bridgehead atoms. The number of amides is 2. The van der Waals surface area contributed by atoms with Crippen LogP contribution in [0.3, 0.4) is 0 Å². The van der Waals surface area contributed by atoms with Gasteiger partial charge in [-0.25, -0.2) is 9.78 Å². The molecule has 0 fully saturated rings. The lowest BCUT2D eigenvalue weighted by Crippen LogP contribution is -2.33. The Hall–Kier alpha value is -6.30. The highest BCUT2D eigenvalue weighted by Gasteiger charge is 2.22. The Morgan fingerprint density at radius 1 is 0.863 bits per heavy atom. The van der Waals surface area contributed by atoms with Crippen LogP contribution in [0.15, 0.2) is 109 Å². The van der Waals surface area contributed by atoms with Crippen molar-refractivity contribution in [1.29, 1.82) is 0 Å². The van der Waals surface area contributed by atoms with E-state index >= 15 is 0 Å². The molecular formula is C39H39N5O7. The van der Waals surface area contributed by atoms with Crippen molar-refractivity contribution >= 4 is 45.9 Å². The zero-order valence-electron chi connectivity index (χ0n) is 28.6. The number of benzene rings is 4. The molecule has 12 heteroatoms. The Balaban J connectivity index is 1.32. The maximum atomic E-state index is 13.7. The molecule has 1 atom stereocenters. The molecule has 0 saturated heterocycles. The van der Waals surface area contributed by atoms with Crippen molar-refractivity contribution in [3.63, 3.8) is 0 Å². The number of ether oxygens (including phenoxy) is 2. The van der Waals surface area contributed by atoms with Gasteiger partial charge in [0.05, 0.1) is 4.92 Å². The summed E-state index contributed by atoms with van der Waals surface area (Å²) in [5.74, 6) is -0.334. The van der Waals surface area contributed by atoms with Crippen LogP contribution < -0.4 is 16.0 Å². The summed E-state index contributed by atoms with van der Waals surface area (Å²) in [7, 11) is 0. The lowest BCUT2D eigenvalue weighted by atomic mass is 10.0. The predicted molar refractivity (Wildman–Crippen MR) is 194 cm³/mol. The van der Waals surface area contributed by atoms with E-state index in [4.69, 9.17) is 9.47 Å². The Morgan fingerprint density at radius 2 is 1.61 bits per heavy atom. The van der Waals surface area contributed by atoms with Crippen LogP contribution in [0, 0.1) is 10.1 Å². The fourth-order valence-electron chi connectivity index (χ4n) is 5.24. The highest BCUT2D eigenvalue weighted by molar-refractivity contribution is 5.99. The Bertz CT molecular complexity index is 2010. The van der Waals surface area contributed by atoms with Gasteiger partial charge in [-0.1, -0.05) is 66.7 Å². The van der Waals surface area contributed by atoms with Crippen LogP contribution in [0.25, 0.3) is 10.8 Å². The van der Waals surface area contributed by atoms with Gasteiger partial charge in [-0.15, -0.1) is 0 Å². The largest absolute Gasteiger partial charge is 0.461 e. The number of anilines is 2. The maximum absolute atomic E-state index is 13.7. The van der Waals surface area contributed by atoms with Crippen LogP contribution in [-0.2, 0) is 38.6 Å². The number of carbonyl (C=O) groups excluding carboxylic acids is 3. The van der Waals surface area contributed by atoms with Gasteiger partial charge < -0.3 is 20.1 Å². The van der Waals surface area contributed by atoms with E-state index in [0.29, 0.717) is 34.4 Å². The Kier molecular flexibility index (Phi) is 11.6. The van der Waals surface area contributed by atoms with Crippen LogP contribution in [0.1, 0.15) is 55.5 Å². The second-order valence-corrected chi connectivity index (χ2v) is 12.8. The van der Waals surface area contributed by atoms with Crippen molar-refractivity contribution in [3.05, 3.63) is 142 Å². The van der Waals surface area contributed by atoms with Crippen molar-refractivity contribution < 1.29 is 28.8 Å². The standard InChI is InChI=1S/C39H39N5O7/c1-39(2,3)51-38(47)43-36-33-18-17-31(23-30(33)20-21-40-36)42-35(37(46)41-24-28-10-7-11-32(22-28)44(48)49)29-15-12-26(13-16-29)14-19-34(45)50-25-27-8-5-4-6-9-27/h4-13,15-18,20-23,35,42H,14,19,24-25H2,1-3H3,(H,41,46)(H,40,43,47). The van der Waals surface area contributed by atoms with Gasteiger partial charge in [-0.2, -0.15) is 0 Å². The number of aryl methyl sites for hydroxylation is 1. The van der Waals surface area contributed by atoms with Crippen LogP contribution >= 0.6 is 0 Å². The number of nitrogens with one attached hydrogen (secondary N) is 3. The summed E-state index contributed by atoms with van der Waals surface area (Å²) in [6, 6.07) is 29.3. The molecule has 262 valence electrons. The van der Waals surface area contributed by atoms with Crippen LogP contribution in [-0.4, -0.2) is 33.5 Å². The molecule has 12 nitrogen and oxygen atoms in total. The van der Waals surface area contributed by atoms with E-state index in [1.807, 2.05) is 60.7 Å². The number of nitro groups is 1. The Morgan fingerprint density at radius 3 is 2.33 bits per heavy atom. The number of hydrogen-bond donors (Lipinski definition) is 3. The molecule has 1 unspecified atom stereocenters. The molecule has 0 spiro atoms. The minimum absolute atomic E-state index is 0.0675. The summed E-state index contributed by atoms with van der Waals surface area (Å²) in [5.41, 5.74) is 2.93. The molecule has 3 N–H and O–H groups in total. The number of nitrogens with zero attached hydrogens (tertiary/aromatic N) is 2. The first-order valence-electron chi connectivity index (χ1n) is 16.4. The number of fused-ring (bicyclic) bond motifs is 1. The first kappa shape index (κ1) is 36.0. The number of pyridine rings is 1. The lowest BCUT2D eigenvalue weighted by molar-refractivity contribution is -0.384. The second kappa shape index (κ2) is 16.4. The van der Waals surface area contributed by atoms with Gasteiger partial charge in [0.2, 0.25) is 5.91 Å². The molecule has 0 saturated carbocycles. The van der Waals surface area contributed by atoms with Crippen molar-refractivity contribution in [3.8, 4) is 0 Å². The normalized spacial score (nSPS) is 11.7. The molecule has 2 amide bonds. The topological polar surface area (TPSA) is 162 Å². The molecule has 4 aromatic carbocycles. The van der Waals surface area contributed by atoms with E-state index in [1.165, 1.54) is 12.1 Å². The first-order chi connectivity index (χ1) is 24.4. The zero-order chi connectivity index (χ0) is 36.4. The van der Waals surface area contributed by atoms with Crippen molar-refractivity contribution in [1.82, 2.24) is 10.3 Å². The van der Waals surface area contributed by atoms with Crippen LogP contribution in [0.4, 0.5) is 22.0 Å². The van der Waals surface area contributed by atoms with Gasteiger partial charge in [0, 0.05) is 42.4 Å². The number of aromatic nitrogens is 1.